The lowest BCUT2D eigenvalue weighted by Gasteiger charge is -2.58. The first kappa shape index (κ1) is 34.6. The van der Waals surface area contributed by atoms with Crippen LogP contribution < -0.4 is 11.3 Å². The van der Waals surface area contributed by atoms with Gasteiger partial charge < -0.3 is 15.6 Å². The molecule has 1 aromatic rings. The quantitative estimate of drug-likeness (QED) is 0.117. The first-order valence-corrected chi connectivity index (χ1v) is 16.1. The summed E-state index contributed by atoms with van der Waals surface area (Å²) in [6.45, 7) is 8.77. The molecule has 12 nitrogen and oxygen atoms in total. The average molecular weight is 629 g/mol. The van der Waals surface area contributed by atoms with Crippen molar-refractivity contribution in [3.05, 3.63) is 50.1 Å². The second-order valence-corrected chi connectivity index (χ2v) is 14.3. The third kappa shape index (κ3) is 6.69. The monoisotopic (exact) mass is 628 g/mol. The summed E-state index contributed by atoms with van der Waals surface area (Å²) in [5.74, 6) is 6.75. The third-order valence-corrected chi connectivity index (χ3v) is 11.7. The minimum absolute atomic E-state index is 0.0283. The molecule has 5 N–H and O–H groups in total. The van der Waals surface area contributed by atoms with Gasteiger partial charge in [0, 0.05) is 37.4 Å². The largest absolute Gasteiger partial charge is 0.396 e. The molecule has 45 heavy (non-hydrogen) atoms. The van der Waals surface area contributed by atoms with E-state index in [1.54, 1.807) is 0 Å². The minimum Gasteiger partial charge on any atom is -0.396 e. The predicted octanol–water partition coefficient (Wildman–Crippen LogP) is 5.51. The number of nitrogens with one attached hydrogen (secondary N) is 1. The molecule has 0 aliphatic heterocycles. The van der Waals surface area contributed by atoms with Crippen LogP contribution in [0.4, 0.5) is 17.1 Å². The molecule has 0 heterocycles. The number of aliphatic hydroxyl groups excluding tert-OH is 2. The van der Waals surface area contributed by atoms with Crippen LogP contribution in [0.25, 0.3) is 0 Å². The van der Waals surface area contributed by atoms with Crippen LogP contribution in [0.1, 0.15) is 85.5 Å². The highest BCUT2D eigenvalue weighted by molar-refractivity contribution is 5.92. The molecule has 0 spiro atoms. The number of nitrogens with two attached hydrogens (primary N) is 1. The third-order valence-electron chi connectivity index (χ3n) is 11.7. The van der Waals surface area contributed by atoms with E-state index >= 15 is 0 Å². The number of hydrogen-bond acceptors (Lipinski definition) is 10. The number of nitro benzene ring substituents is 2. The van der Waals surface area contributed by atoms with Gasteiger partial charge in [-0.2, -0.15) is 0 Å². The summed E-state index contributed by atoms with van der Waals surface area (Å²) in [4.78, 5) is 45.6. The Bertz CT molecular complexity index is 1350. The molecule has 9 unspecified atom stereocenters. The van der Waals surface area contributed by atoms with Crippen LogP contribution in [0.15, 0.2) is 29.8 Å². The molecular weight excluding hydrogens is 580 g/mol. The van der Waals surface area contributed by atoms with E-state index in [1.807, 2.05) is 13.8 Å². The number of nitrogens with zero attached hydrogens (tertiary/aromatic N) is 2. The van der Waals surface area contributed by atoms with Crippen LogP contribution in [-0.4, -0.2) is 44.3 Å². The van der Waals surface area contributed by atoms with E-state index in [-0.39, 0.29) is 58.5 Å². The van der Waals surface area contributed by atoms with Crippen LogP contribution in [-0.2, 0) is 9.59 Å². The Morgan fingerprint density at radius 2 is 1.82 bits per heavy atom. The van der Waals surface area contributed by atoms with Gasteiger partial charge >= 0.3 is 5.69 Å². The molecule has 5 rings (SSSR count). The van der Waals surface area contributed by atoms with Gasteiger partial charge in [-0.05, 0) is 85.5 Å². The van der Waals surface area contributed by atoms with Gasteiger partial charge in [0.1, 0.15) is 17.3 Å². The fourth-order valence-electron chi connectivity index (χ4n) is 9.12. The number of allylic oxidation sites excluding steroid dienone is 1. The molecule has 4 aliphatic carbocycles. The molecule has 0 bridgehead atoms. The fraction of sp³-hybridized carbons (Fsp3) is 0.697. The second kappa shape index (κ2) is 13.6. The highest BCUT2D eigenvalue weighted by Gasteiger charge is 2.62. The number of aliphatic hydroxyl groups is 2. The molecule has 3 saturated carbocycles. The summed E-state index contributed by atoms with van der Waals surface area (Å²) < 4.78 is 0. The molecule has 248 valence electrons. The van der Waals surface area contributed by atoms with Gasteiger partial charge in [0.15, 0.2) is 0 Å². The first-order valence-electron chi connectivity index (χ1n) is 16.1. The van der Waals surface area contributed by atoms with Crippen molar-refractivity contribution in [1.82, 2.24) is 0 Å². The molecule has 1 aromatic carbocycles. The lowest BCUT2D eigenvalue weighted by molar-refractivity contribution is -0.393. The Hall–Kier alpha value is -3.22. The van der Waals surface area contributed by atoms with Crippen molar-refractivity contribution in [3.8, 4) is 0 Å². The molecule has 3 fully saturated rings. The Labute approximate surface area is 264 Å². The molecule has 0 radical (unpaired) electrons. The lowest BCUT2D eigenvalue weighted by Crippen LogP contribution is -2.51. The normalized spacial score (nSPS) is 33.3. The van der Waals surface area contributed by atoms with Crippen LogP contribution >= 0.6 is 0 Å². The van der Waals surface area contributed by atoms with Gasteiger partial charge in [0.25, 0.3) is 5.69 Å². The number of carbonyl (C=O) groups excluding carboxylic acids is 2. The van der Waals surface area contributed by atoms with Crippen molar-refractivity contribution < 1.29 is 29.6 Å². The van der Waals surface area contributed by atoms with Crippen LogP contribution in [0.3, 0.4) is 0 Å². The van der Waals surface area contributed by atoms with Gasteiger partial charge in [-0.25, -0.2) is 0 Å². The molecule has 12 heteroatoms. The number of non-ortho nitro benzene ring substituents is 1. The molecule has 4 aliphatic rings. The van der Waals surface area contributed by atoms with Crippen molar-refractivity contribution in [2.45, 2.75) is 91.6 Å². The van der Waals surface area contributed by atoms with E-state index in [0.29, 0.717) is 42.8 Å². The Morgan fingerprint density at radius 1 is 1.11 bits per heavy atom. The van der Waals surface area contributed by atoms with Crippen LogP contribution in [0.2, 0.25) is 0 Å². The van der Waals surface area contributed by atoms with E-state index in [9.17, 15) is 40.0 Å². The number of carbonyl (C=O) groups is 2. The molecule has 0 aromatic heterocycles. The molecule has 0 saturated heterocycles. The van der Waals surface area contributed by atoms with Crippen molar-refractivity contribution in [3.63, 3.8) is 0 Å². The molecule has 9 atom stereocenters. The van der Waals surface area contributed by atoms with E-state index in [1.165, 1.54) is 11.6 Å². The van der Waals surface area contributed by atoms with Gasteiger partial charge in [-0.1, -0.05) is 39.3 Å². The number of anilines is 1. The number of fused-ring (bicyclic) bond motifs is 5. The van der Waals surface area contributed by atoms with E-state index in [2.05, 4.69) is 25.3 Å². The number of nitrogen functional groups attached to an aromatic ring is 1. The standard InChI is InChI=1S/C27H42O4.C6H6N4O4/c1-16(15-28)5-8-23(30)17(2)25-24(31)14-22-20-7-6-18-13-19(29)9-11-26(18,3)21(20)10-12-27(22,25)4;7-8-5-2-1-4(9(11)12)3-6(5)10(13)14/h6,16-17,19-22,25,28-29H,5,7-15H2,1-4H3;1-3,8H,7H2. The number of rotatable bonds is 9. The van der Waals surface area contributed by atoms with E-state index < -0.39 is 15.5 Å². The van der Waals surface area contributed by atoms with Crippen molar-refractivity contribution >= 4 is 28.6 Å². The number of benzene rings is 1. The minimum atomic E-state index is -0.748. The zero-order valence-electron chi connectivity index (χ0n) is 26.7. The SMILES string of the molecule is CC(CO)CCC(=O)C(C)C1C(=O)CC2C3CC=C4CC(O)CCC4(C)C3CCC21C.NNc1ccc([N+](=O)[O-])cc1[N+](=O)[O-]. The average Bonchev–Trinajstić information content (AvgIpc) is 3.29. The maximum atomic E-state index is 13.3. The predicted molar refractivity (Wildman–Crippen MR) is 169 cm³/mol. The van der Waals surface area contributed by atoms with Crippen molar-refractivity contribution in [2.75, 3.05) is 12.0 Å². The highest BCUT2D eigenvalue weighted by atomic mass is 16.6. The van der Waals surface area contributed by atoms with Crippen molar-refractivity contribution in [2.24, 2.45) is 52.2 Å². The fourth-order valence-corrected chi connectivity index (χ4v) is 9.12. The zero-order valence-corrected chi connectivity index (χ0v) is 26.7. The summed E-state index contributed by atoms with van der Waals surface area (Å²) >= 11 is 0. The first-order chi connectivity index (χ1) is 21.2. The van der Waals surface area contributed by atoms with Crippen molar-refractivity contribution in [1.29, 1.82) is 0 Å². The summed E-state index contributed by atoms with van der Waals surface area (Å²) in [7, 11) is 0. The van der Waals surface area contributed by atoms with Gasteiger partial charge in [-0.3, -0.25) is 35.7 Å². The number of hydrogen-bond donors (Lipinski definition) is 4. The maximum Gasteiger partial charge on any atom is 0.300 e. The number of Topliss-reactive ketones (excluding diaryl/α,β-unsaturated/α-hetero) is 2. The summed E-state index contributed by atoms with van der Waals surface area (Å²) in [5.41, 5.74) is 2.88. The Kier molecular flexibility index (Phi) is 10.5. The maximum absolute atomic E-state index is 13.3. The zero-order chi connectivity index (χ0) is 33.3. The number of nitro groups is 2. The van der Waals surface area contributed by atoms with Gasteiger partial charge in [0.05, 0.1) is 22.0 Å². The Balaban J connectivity index is 0.000000276. The van der Waals surface area contributed by atoms with Crippen LogP contribution in [0, 0.1) is 66.6 Å². The van der Waals surface area contributed by atoms with Gasteiger partial charge in [-0.15, -0.1) is 0 Å². The smallest absolute Gasteiger partial charge is 0.300 e. The summed E-state index contributed by atoms with van der Waals surface area (Å²) in [6.07, 6.45) is 9.96. The number of ketones is 2. The van der Waals surface area contributed by atoms with Crippen LogP contribution in [0.5, 0.6) is 0 Å². The summed E-state index contributed by atoms with van der Waals surface area (Å²) in [6, 6.07) is 3.15. The molecular formula is C33H48N4O8. The lowest BCUT2D eigenvalue weighted by atomic mass is 9.47. The van der Waals surface area contributed by atoms with E-state index in [4.69, 9.17) is 5.84 Å². The Morgan fingerprint density at radius 3 is 2.44 bits per heavy atom. The topological polar surface area (TPSA) is 199 Å². The second-order valence-electron chi connectivity index (χ2n) is 14.3. The summed E-state index contributed by atoms with van der Waals surface area (Å²) in [5, 5.41) is 40.2. The van der Waals surface area contributed by atoms with Gasteiger partial charge in [0.2, 0.25) is 0 Å². The molecule has 0 amide bonds. The number of hydrazine groups is 1. The van der Waals surface area contributed by atoms with E-state index in [0.717, 1.165) is 50.7 Å². The highest BCUT2D eigenvalue weighted by Crippen LogP contribution is 2.66.